The van der Waals surface area contributed by atoms with Crippen LogP contribution >= 0.6 is 23.1 Å². The molecule has 0 saturated heterocycles. The van der Waals surface area contributed by atoms with Gasteiger partial charge in [-0.15, -0.1) is 11.3 Å². The molecule has 0 bridgehead atoms. The van der Waals surface area contributed by atoms with Crippen LogP contribution in [0.25, 0.3) is 10.2 Å². The molecule has 0 spiro atoms. The van der Waals surface area contributed by atoms with Crippen molar-refractivity contribution in [2.24, 2.45) is 7.05 Å². The first-order chi connectivity index (χ1) is 11.9. The number of benzene rings is 1. The first-order valence-corrected chi connectivity index (χ1v) is 8.88. The van der Waals surface area contributed by atoms with Crippen LogP contribution in [0.3, 0.4) is 0 Å². The molecule has 0 radical (unpaired) electrons. The molecular formula is C16H13F2N3O2S2. The summed E-state index contributed by atoms with van der Waals surface area (Å²) in [4.78, 5) is 30.1. The lowest BCUT2D eigenvalue weighted by atomic mass is 10.2. The number of hydrogen-bond acceptors (Lipinski definition) is 5. The first kappa shape index (κ1) is 17.6. The van der Waals surface area contributed by atoms with Gasteiger partial charge in [0.05, 0.1) is 22.3 Å². The van der Waals surface area contributed by atoms with Crippen molar-refractivity contribution < 1.29 is 13.6 Å². The van der Waals surface area contributed by atoms with Crippen LogP contribution in [-0.4, -0.2) is 21.2 Å². The summed E-state index contributed by atoms with van der Waals surface area (Å²) < 4.78 is 26.7. The molecule has 0 aliphatic rings. The van der Waals surface area contributed by atoms with Gasteiger partial charge in [-0.2, -0.15) is 8.78 Å². The van der Waals surface area contributed by atoms with Crippen LogP contribution in [0, 0.1) is 6.92 Å². The van der Waals surface area contributed by atoms with Crippen LogP contribution in [0.4, 0.5) is 14.5 Å². The zero-order chi connectivity index (χ0) is 18.1. The van der Waals surface area contributed by atoms with Gasteiger partial charge in [0, 0.05) is 11.9 Å². The fourth-order valence-electron chi connectivity index (χ4n) is 2.37. The number of thiophene rings is 1. The van der Waals surface area contributed by atoms with Gasteiger partial charge < -0.3 is 9.88 Å². The summed E-state index contributed by atoms with van der Waals surface area (Å²) in [5.74, 6) is -3.04. The number of hydrogen-bond donors (Lipinski definition) is 1. The first-order valence-electron chi connectivity index (χ1n) is 7.18. The van der Waals surface area contributed by atoms with Gasteiger partial charge in [-0.3, -0.25) is 9.59 Å². The predicted molar refractivity (Wildman–Crippen MR) is 95.9 cm³/mol. The van der Waals surface area contributed by atoms with E-state index in [1.54, 1.807) is 32.2 Å². The van der Waals surface area contributed by atoms with Gasteiger partial charge in [-0.05, 0) is 24.6 Å². The number of thioether (sulfide) groups is 1. The molecule has 25 heavy (non-hydrogen) atoms. The second kappa shape index (κ2) is 6.93. The smallest absolute Gasteiger partial charge is 0.288 e. The van der Waals surface area contributed by atoms with E-state index in [4.69, 9.17) is 0 Å². The van der Waals surface area contributed by atoms with Crippen molar-refractivity contribution in [2.45, 2.75) is 17.6 Å². The summed E-state index contributed by atoms with van der Waals surface area (Å²) in [6.07, 6.45) is 1.40. The van der Waals surface area contributed by atoms with Gasteiger partial charge in [0.15, 0.2) is 0 Å². The van der Waals surface area contributed by atoms with Crippen molar-refractivity contribution in [1.29, 1.82) is 0 Å². The molecule has 5 nitrogen and oxygen atoms in total. The Morgan fingerprint density at radius 1 is 1.36 bits per heavy atom. The van der Waals surface area contributed by atoms with Crippen LogP contribution in [0.1, 0.15) is 15.2 Å². The number of rotatable bonds is 4. The maximum atomic E-state index is 12.7. The highest BCUT2D eigenvalue weighted by Gasteiger charge is 2.20. The highest BCUT2D eigenvalue weighted by Crippen LogP contribution is 2.33. The second-order valence-corrected chi connectivity index (χ2v) is 7.26. The molecule has 130 valence electrons. The Labute approximate surface area is 149 Å². The van der Waals surface area contributed by atoms with Gasteiger partial charge in [-0.1, -0.05) is 23.9 Å². The third-order valence-corrected chi connectivity index (χ3v) is 5.55. The van der Waals surface area contributed by atoms with Gasteiger partial charge in [0.1, 0.15) is 4.83 Å². The summed E-state index contributed by atoms with van der Waals surface area (Å²) >= 11 is 1.47. The molecule has 0 unspecified atom stereocenters. The number of aryl methyl sites for hydroxylation is 2. The number of carbonyl (C=O) groups excluding carboxylic acids is 1. The molecule has 0 aliphatic carbocycles. The van der Waals surface area contributed by atoms with Gasteiger partial charge >= 0.3 is 0 Å². The minimum Gasteiger partial charge on any atom is -0.320 e. The van der Waals surface area contributed by atoms with Crippen LogP contribution < -0.4 is 10.9 Å². The van der Waals surface area contributed by atoms with E-state index >= 15 is 0 Å². The molecule has 1 aromatic carbocycles. The lowest BCUT2D eigenvalue weighted by Gasteiger charge is -2.09. The van der Waals surface area contributed by atoms with Crippen molar-refractivity contribution in [2.75, 3.05) is 5.32 Å². The van der Waals surface area contributed by atoms with E-state index in [-0.39, 0.29) is 10.5 Å². The zero-order valence-corrected chi connectivity index (χ0v) is 14.9. The molecule has 3 rings (SSSR count). The number of alkyl halides is 2. The molecule has 2 aromatic heterocycles. The Morgan fingerprint density at radius 2 is 2.08 bits per heavy atom. The largest absolute Gasteiger partial charge is 0.320 e. The maximum Gasteiger partial charge on any atom is 0.288 e. The summed E-state index contributed by atoms with van der Waals surface area (Å²) in [5, 5.41) is 3.05. The number of carbonyl (C=O) groups is 1. The minimum atomic E-state index is -2.59. The normalized spacial score (nSPS) is 11.2. The predicted octanol–water partition coefficient (Wildman–Crippen LogP) is 3.87. The summed E-state index contributed by atoms with van der Waals surface area (Å²) in [6.45, 7) is 1.68. The topological polar surface area (TPSA) is 64.0 Å². The van der Waals surface area contributed by atoms with Gasteiger partial charge in [-0.25, -0.2) is 4.98 Å². The fraction of sp³-hybridized carbons (Fsp3) is 0.188. The Hall–Kier alpha value is -2.26. The average molecular weight is 381 g/mol. The third-order valence-electron chi connectivity index (χ3n) is 3.57. The summed E-state index contributed by atoms with van der Waals surface area (Å²) in [7, 11) is 1.59. The number of para-hydroxylation sites is 1. The molecule has 0 fully saturated rings. The van der Waals surface area contributed by atoms with Crippen LogP contribution in [0.5, 0.6) is 0 Å². The number of anilines is 1. The Kier molecular flexibility index (Phi) is 4.87. The molecule has 0 saturated carbocycles. The van der Waals surface area contributed by atoms with E-state index < -0.39 is 11.7 Å². The van der Waals surface area contributed by atoms with Crippen molar-refractivity contribution >= 4 is 44.9 Å². The SMILES string of the molecule is Cc1c(C(=O)Nc2ccccc2SC(F)F)sc2ncn(C)c(=O)c12. The van der Waals surface area contributed by atoms with Crippen LogP contribution in [0.2, 0.25) is 0 Å². The molecule has 1 amide bonds. The van der Waals surface area contributed by atoms with Crippen molar-refractivity contribution in [3.8, 4) is 0 Å². The Morgan fingerprint density at radius 3 is 2.80 bits per heavy atom. The number of nitrogens with one attached hydrogen (secondary N) is 1. The minimum absolute atomic E-state index is 0.230. The number of halogens is 2. The molecule has 9 heteroatoms. The van der Waals surface area contributed by atoms with E-state index in [9.17, 15) is 18.4 Å². The molecule has 3 aromatic rings. The van der Waals surface area contributed by atoms with Crippen LogP contribution in [-0.2, 0) is 7.05 Å². The number of amides is 1. The fourth-order valence-corrected chi connectivity index (χ4v) is 4.00. The number of nitrogens with zero attached hydrogens (tertiary/aromatic N) is 2. The lowest BCUT2D eigenvalue weighted by Crippen LogP contribution is -2.17. The zero-order valence-electron chi connectivity index (χ0n) is 13.2. The molecule has 0 aliphatic heterocycles. The van der Waals surface area contributed by atoms with Gasteiger partial charge in [0.2, 0.25) is 0 Å². The van der Waals surface area contributed by atoms with E-state index in [0.717, 1.165) is 11.3 Å². The lowest BCUT2D eigenvalue weighted by molar-refractivity contribution is 0.103. The molecule has 2 heterocycles. The van der Waals surface area contributed by atoms with Crippen molar-refractivity contribution in [3.63, 3.8) is 0 Å². The molecular weight excluding hydrogens is 368 g/mol. The third kappa shape index (κ3) is 3.42. The molecule has 1 N–H and O–H groups in total. The monoisotopic (exact) mass is 381 g/mol. The van der Waals surface area contributed by atoms with Gasteiger partial charge in [0.25, 0.3) is 17.2 Å². The van der Waals surface area contributed by atoms with E-state index in [0.29, 0.717) is 38.1 Å². The highest BCUT2D eigenvalue weighted by atomic mass is 32.2. The maximum absolute atomic E-state index is 12.7. The highest BCUT2D eigenvalue weighted by molar-refractivity contribution is 7.99. The Balaban J connectivity index is 1.98. The summed E-state index contributed by atoms with van der Waals surface area (Å²) in [6, 6.07) is 6.35. The van der Waals surface area contributed by atoms with Crippen molar-refractivity contribution in [1.82, 2.24) is 9.55 Å². The quantitative estimate of drug-likeness (QED) is 0.697. The summed E-state index contributed by atoms with van der Waals surface area (Å²) in [5.41, 5.74) is 0.604. The number of fused-ring (bicyclic) bond motifs is 1. The second-order valence-electron chi connectivity index (χ2n) is 5.23. The molecule has 0 atom stereocenters. The van der Waals surface area contributed by atoms with Crippen LogP contribution in [0.15, 0.2) is 40.3 Å². The van der Waals surface area contributed by atoms with Crippen molar-refractivity contribution in [3.05, 3.63) is 51.4 Å². The van der Waals surface area contributed by atoms with E-state index in [1.165, 1.54) is 17.0 Å². The Bertz CT molecular complexity index is 1010. The van der Waals surface area contributed by atoms with E-state index in [1.807, 2.05) is 0 Å². The average Bonchev–Trinajstić information content (AvgIpc) is 2.90. The number of aromatic nitrogens is 2. The standard InChI is InChI=1S/C16H13F2N3O2S2/c1-8-11-14(19-7-21(2)15(11)23)25-12(8)13(22)20-9-5-3-4-6-10(9)24-16(17)18/h3-7,16H,1-2H3,(H,20,22). The van der Waals surface area contributed by atoms with E-state index in [2.05, 4.69) is 10.3 Å².